The molecule has 0 fully saturated rings. The largest absolute Gasteiger partial charge is 0.472 e. The van der Waals surface area contributed by atoms with Crippen LogP contribution in [0.25, 0.3) is 0 Å². The molecule has 2 aromatic heterocycles. The van der Waals surface area contributed by atoms with Crippen molar-refractivity contribution in [3.63, 3.8) is 0 Å². The third-order valence-corrected chi connectivity index (χ3v) is 3.02. The first-order valence-electron chi connectivity index (χ1n) is 7.01. The lowest BCUT2D eigenvalue weighted by Crippen LogP contribution is -2.23. The molecule has 108 valence electrons. The fraction of sp³-hybridized carbons (Fsp3) is 0.438. The van der Waals surface area contributed by atoms with E-state index in [9.17, 15) is 0 Å². The minimum atomic E-state index is 0.476. The number of hydrogen-bond acceptors (Lipinski definition) is 4. The maximum atomic E-state index is 5.09. The normalized spacial score (nSPS) is 11.4. The van der Waals surface area contributed by atoms with Crippen LogP contribution in [-0.4, -0.2) is 23.0 Å². The molecule has 1 N–H and O–H groups in total. The Bertz CT molecular complexity index is 508. The van der Waals surface area contributed by atoms with Crippen LogP contribution in [0.4, 0.5) is 0 Å². The Morgan fingerprint density at radius 3 is 2.70 bits per heavy atom. The van der Waals surface area contributed by atoms with E-state index in [1.807, 2.05) is 6.07 Å². The predicted octanol–water partition coefficient (Wildman–Crippen LogP) is 2.80. The van der Waals surface area contributed by atoms with Gasteiger partial charge in [-0.05, 0) is 25.2 Å². The molecule has 4 nitrogen and oxygen atoms in total. The summed E-state index contributed by atoms with van der Waals surface area (Å²) in [6.07, 6.45) is 3.49. The first kappa shape index (κ1) is 14.8. The SMILES string of the molecule is CC(C)NCc1cccc(CN(C)Cc2ccoc2)n1. The Kier molecular flexibility index (Phi) is 5.32. The molecule has 0 aliphatic rings. The van der Waals surface area contributed by atoms with Crippen molar-refractivity contribution in [1.29, 1.82) is 0 Å². The standard InChI is InChI=1S/C16H23N3O/c1-13(2)17-9-15-5-4-6-16(18-15)11-19(3)10-14-7-8-20-12-14/h4-8,12-13,17H,9-11H2,1-3H3. The summed E-state index contributed by atoms with van der Waals surface area (Å²) in [5, 5.41) is 3.39. The smallest absolute Gasteiger partial charge is 0.0947 e. The van der Waals surface area contributed by atoms with Crippen LogP contribution in [0.2, 0.25) is 0 Å². The van der Waals surface area contributed by atoms with Gasteiger partial charge in [-0.1, -0.05) is 19.9 Å². The molecule has 0 bridgehead atoms. The van der Waals surface area contributed by atoms with Gasteiger partial charge in [-0.2, -0.15) is 0 Å². The van der Waals surface area contributed by atoms with Crippen LogP contribution in [0, 0.1) is 0 Å². The number of nitrogens with zero attached hydrogens (tertiary/aromatic N) is 2. The lowest BCUT2D eigenvalue weighted by atomic mass is 10.2. The summed E-state index contributed by atoms with van der Waals surface area (Å²) >= 11 is 0. The van der Waals surface area contributed by atoms with Crippen molar-refractivity contribution >= 4 is 0 Å². The first-order valence-corrected chi connectivity index (χ1v) is 7.01. The van der Waals surface area contributed by atoms with Gasteiger partial charge in [0.1, 0.15) is 0 Å². The fourth-order valence-electron chi connectivity index (χ4n) is 2.05. The third kappa shape index (κ3) is 4.79. The van der Waals surface area contributed by atoms with Gasteiger partial charge >= 0.3 is 0 Å². The van der Waals surface area contributed by atoms with Crippen LogP contribution in [-0.2, 0) is 19.6 Å². The van der Waals surface area contributed by atoms with E-state index in [0.717, 1.165) is 31.0 Å². The number of pyridine rings is 1. The van der Waals surface area contributed by atoms with Crippen molar-refractivity contribution in [3.8, 4) is 0 Å². The van der Waals surface area contributed by atoms with Gasteiger partial charge in [0.05, 0.1) is 23.9 Å². The summed E-state index contributed by atoms with van der Waals surface area (Å²) in [6, 6.07) is 8.68. The van der Waals surface area contributed by atoms with E-state index in [4.69, 9.17) is 4.42 Å². The van der Waals surface area contributed by atoms with Crippen molar-refractivity contribution in [2.45, 2.75) is 39.5 Å². The third-order valence-electron chi connectivity index (χ3n) is 3.02. The van der Waals surface area contributed by atoms with E-state index in [1.54, 1.807) is 12.5 Å². The lowest BCUT2D eigenvalue weighted by Gasteiger charge is -2.16. The Balaban J connectivity index is 1.90. The summed E-state index contributed by atoms with van der Waals surface area (Å²) in [5.74, 6) is 0. The van der Waals surface area contributed by atoms with Crippen molar-refractivity contribution in [2.24, 2.45) is 0 Å². The summed E-state index contributed by atoms with van der Waals surface area (Å²) < 4.78 is 5.09. The molecule has 0 saturated carbocycles. The van der Waals surface area contributed by atoms with Crippen molar-refractivity contribution in [1.82, 2.24) is 15.2 Å². The zero-order valence-electron chi connectivity index (χ0n) is 12.5. The molecule has 0 aliphatic carbocycles. The van der Waals surface area contributed by atoms with E-state index < -0.39 is 0 Å². The van der Waals surface area contributed by atoms with Crippen LogP contribution in [0.15, 0.2) is 41.2 Å². The quantitative estimate of drug-likeness (QED) is 0.842. The summed E-state index contributed by atoms with van der Waals surface area (Å²) in [5.41, 5.74) is 3.37. The minimum Gasteiger partial charge on any atom is -0.472 e. The van der Waals surface area contributed by atoms with Crippen LogP contribution < -0.4 is 5.32 Å². The highest BCUT2D eigenvalue weighted by molar-refractivity contribution is 5.12. The van der Waals surface area contributed by atoms with E-state index in [2.05, 4.69) is 54.3 Å². The summed E-state index contributed by atoms with van der Waals surface area (Å²) in [6.45, 7) is 6.80. The van der Waals surface area contributed by atoms with Crippen LogP contribution in [0.1, 0.15) is 30.8 Å². The number of furan rings is 1. The van der Waals surface area contributed by atoms with Gasteiger partial charge in [0.2, 0.25) is 0 Å². The fourth-order valence-corrected chi connectivity index (χ4v) is 2.05. The average molecular weight is 273 g/mol. The second-order valence-corrected chi connectivity index (χ2v) is 5.46. The molecule has 0 unspecified atom stereocenters. The van der Waals surface area contributed by atoms with E-state index in [1.165, 1.54) is 5.56 Å². The molecular formula is C16H23N3O. The molecule has 20 heavy (non-hydrogen) atoms. The van der Waals surface area contributed by atoms with Gasteiger partial charge < -0.3 is 9.73 Å². The highest BCUT2D eigenvalue weighted by Crippen LogP contribution is 2.08. The van der Waals surface area contributed by atoms with Gasteiger partial charge in [-0.15, -0.1) is 0 Å². The molecule has 2 aromatic rings. The zero-order valence-corrected chi connectivity index (χ0v) is 12.5. The molecule has 2 heterocycles. The second-order valence-electron chi connectivity index (χ2n) is 5.46. The van der Waals surface area contributed by atoms with Gasteiger partial charge in [0, 0.05) is 31.2 Å². The minimum absolute atomic E-state index is 0.476. The molecule has 0 amide bonds. The maximum absolute atomic E-state index is 5.09. The summed E-state index contributed by atoms with van der Waals surface area (Å²) in [4.78, 5) is 6.92. The number of aromatic nitrogens is 1. The highest BCUT2D eigenvalue weighted by Gasteiger charge is 2.05. The molecule has 0 radical (unpaired) electrons. The summed E-state index contributed by atoms with van der Waals surface area (Å²) in [7, 11) is 2.09. The molecule has 0 aliphatic heterocycles. The predicted molar refractivity (Wildman–Crippen MR) is 80.1 cm³/mol. The van der Waals surface area contributed by atoms with Crippen molar-refractivity contribution < 1.29 is 4.42 Å². The Morgan fingerprint density at radius 1 is 1.20 bits per heavy atom. The number of rotatable bonds is 7. The average Bonchev–Trinajstić information content (AvgIpc) is 2.89. The topological polar surface area (TPSA) is 41.3 Å². The molecule has 0 saturated heterocycles. The molecule has 0 spiro atoms. The molecule has 2 rings (SSSR count). The number of nitrogens with one attached hydrogen (secondary N) is 1. The molecule has 0 aromatic carbocycles. The van der Waals surface area contributed by atoms with Crippen LogP contribution in [0.5, 0.6) is 0 Å². The highest BCUT2D eigenvalue weighted by atomic mass is 16.3. The molecular weight excluding hydrogens is 250 g/mol. The van der Waals surface area contributed by atoms with Gasteiger partial charge in [-0.3, -0.25) is 9.88 Å². The van der Waals surface area contributed by atoms with Crippen molar-refractivity contribution in [2.75, 3.05) is 7.05 Å². The van der Waals surface area contributed by atoms with E-state index in [0.29, 0.717) is 6.04 Å². The zero-order chi connectivity index (χ0) is 14.4. The second kappa shape index (κ2) is 7.22. The van der Waals surface area contributed by atoms with Gasteiger partial charge in [-0.25, -0.2) is 0 Å². The van der Waals surface area contributed by atoms with Crippen LogP contribution in [0.3, 0.4) is 0 Å². The van der Waals surface area contributed by atoms with Crippen LogP contribution >= 0.6 is 0 Å². The first-order chi connectivity index (χ1) is 9.63. The molecule has 4 heteroatoms. The van der Waals surface area contributed by atoms with E-state index >= 15 is 0 Å². The Hall–Kier alpha value is -1.65. The Morgan fingerprint density at radius 2 is 2.00 bits per heavy atom. The Labute approximate surface area is 120 Å². The van der Waals surface area contributed by atoms with E-state index in [-0.39, 0.29) is 0 Å². The number of hydrogen-bond donors (Lipinski definition) is 1. The van der Waals surface area contributed by atoms with Gasteiger partial charge in [0.15, 0.2) is 0 Å². The molecule has 0 atom stereocenters. The van der Waals surface area contributed by atoms with Crippen molar-refractivity contribution in [3.05, 3.63) is 53.7 Å². The monoisotopic (exact) mass is 273 g/mol. The maximum Gasteiger partial charge on any atom is 0.0947 e. The lowest BCUT2D eigenvalue weighted by molar-refractivity contribution is 0.313. The van der Waals surface area contributed by atoms with Gasteiger partial charge in [0.25, 0.3) is 0 Å².